The molecule has 0 N–H and O–H groups in total. The predicted molar refractivity (Wildman–Crippen MR) is 51.0 cm³/mol. The first kappa shape index (κ1) is 10.2. The number of rotatable bonds is 3. The molecule has 0 saturated heterocycles. The SMILES string of the molecule is CCC(CC)C1(C#N)CCCC1=O. The van der Waals surface area contributed by atoms with Gasteiger partial charge in [0.05, 0.1) is 6.07 Å². The summed E-state index contributed by atoms with van der Waals surface area (Å²) in [5, 5.41) is 9.15. The van der Waals surface area contributed by atoms with Crippen LogP contribution < -0.4 is 0 Å². The molecule has 0 bridgehead atoms. The number of ketones is 1. The lowest BCUT2D eigenvalue weighted by Gasteiger charge is -2.27. The molecule has 1 aliphatic carbocycles. The summed E-state index contributed by atoms with van der Waals surface area (Å²) in [4.78, 5) is 11.7. The van der Waals surface area contributed by atoms with Crippen molar-refractivity contribution < 1.29 is 4.79 Å². The molecule has 0 aromatic heterocycles. The maximum Gasteiger partial charge on any atom is 0.153 e. The Morgan fingerprint density at radius 1 is 1.54 bits per heavy atom. The van der Waals surface area contributed by atoms with E-state index in [1.807, 2.05) is 0 Å². The Balaban J connectivity index is 2.93. The molecule has 13 heavy (non-hydrogen) atoms. The van der Waals surface area contributed by atoms with Crippen LogP contribution in [0.15, 0.2) is 0 Å². The largest absolute Gasteiger partial charge is 0.298 e. The first-order valence-electron chi connectivity index (χ1n) is 5.15. The van der Waals surface area contributed by atoms with Crippen LogP contribution in [-0.2, 0) is 4.79 Å². The fraction of sp³-hybridized carbons (Fsp3) is 0.818. The maximum absolute atomic E-state index is 11.7. The monoisotopic (exact) mass is 179 g/mol. The zero-order valence-electron chi connectivity index (χ0n) is 8.47. The van der Waals surface area contributed by atoms with E-state index in [-0.39, 0.29) is 11.7 Å². The lowest BCUT2D eigenvalue weighted by Crippen LogP contribution is -2.32. The van der Waals surface area contributed by atoms with Crippen molar-refractivity contribution in [2.24, 2.45) is 11.3 Å². The minimum Gasteiger partial charge on any atom is -0.298 e. The van der Waals surface area contributed by atoms with E-state index in [1.54, 1.807) is 0 Å². The van der Waals surface area contributed by atoms with E-state index in [0.29, 0.717) is 6.42 Å². The van der Waals surface area contributed by atoms with E-state index in [2.05, 4.69) is 19.9 Å². The van der Waals surface area contributed by atoms with Gasteiger partial charge >= 0.3 is 0 Å². The van der Waals surface area contributed by atoms with Gasteiger partial charge in [0.25, 0.3) is 0 Å². The van der Waals surface area contributed by atoms with Gasteiger partial charge in [0.2, 0.25) is 0 Å². The fourth-order valence-electron chi connectivity index (χ4n) is 2.52. The quantitative estimate of drug-likeness (QED) is 0.668. The first-order chi connectivity index (χ1) is 6.21. The van der Waals surface area contributed by atoms with Gasteiger partial charge in [-0.25, -0.2) is 0 Å². The number of nitriles is 1. The molecule has 72 valence electrons. The highest BCUT2D eigenvalue weighted by Gasteiger charge is 2.46. The Morgan fingerprint density at radius 3 is 2.46 bits per heavy atom. The van der Waals surface area contributed by atoms with Crippen LogP contribution in [0.4, 0.5) is 0 Å². The lowest BCUT2D eigenvalue weighted by atomic mass is 9.72. The summed E-state index contributed by atoms with van der Waals surface area (Å²) < 4.78 is 0. The average Bonchev–Trinajstić information content (AvgIpc) is 2.51. The van der Waals surface area contributed by atoms with Crippen LogP contribution >= 0.6 is 0 Å². The fourth-order valence-corrected chi connectivity index (χ4v) is 2.52. The van der Waals surface area contributed by atoms with Gasteiger partial charge in [-0.05, 0) is 18.8 Å². The number of nitrogens with zero attached hydrogens (tertiary/aromatic N) is 1. The van der Waals surface area contributed by atoms with Crippen LogP contribution in [0.3, 0.4) is 0 Å². The van der Waals surface area contributed by atoms with E-state index in [4.69, 9.17) is 5.26 Å². The van der Waals surface area contributed by atoms with Crippen molar-refractivity contribution in [3.63, 3.8) is 0 Å². The van der Waals surface area contributed by atoms with E-state index >= 15 is 0 Å². The number of carbonyl (C=O) groups is 1. The van der Waals surface area contributed by atoms with Gasteiger partial charge in [0, 0.05) is 6.42 Å². The summed E-state index contributed by atoms with van der Waals surface area (Å²) in [6, 6.07) is 2.28. The predicted octanol–water partition coefficient (Wildman–Crippen LogP) is 2.69. The first-order valence-corrected chi connectivity index (χ1v) is 5.15. The Hall–Kier alpha value is -0.840. The molecule has 1 fully saturated rings. The van der Waals surface area contributed by atoms with Crippen molar-refractivity contribution in [2.75, 3.05) is 0 Å². The van der Waals surface area contributed by atoms with Gasteiger partial charge in [-0.2, -0.15) is 5.26 Å². The van der Waals surface area contributed by atoms with Crippen molar-refractivity contribution in [2.45, 2.75) is 46.0 Å². The molecule has 1 rings (SSSR count). The van der Waals surface area contributed by atoms with Gasteiger partial charge in [0.15, 0.2) is 5.78 Å². The van der Waals surface area contributed by atoms with E-state index in [9.17, 15) is 4.79 Å². The summed E-state index contributed by atoms with van der Waals surface area (Å²) in [5.41, 5.74) is -0.622. The van der Waals surface area contributed by atoms with Crippen LogP contribution in [0.1, 0.15) is 46.0 Å². The zero-order chi connectivity index (χ0) is 9.90. The van der Waals surface area contributed by atoms with Crippen LogP contribution in [0.5, 0.6) is 0 Å². The highest BCUT2D eigenvalue weighted by molar-refractivity contribution is 5.89. The van der Waals surface area contributed by atoms with Crippen LogP contribution in [-0.4, -0.2) is 5.78 Å². The van der Waals surface area contributed by atoms with Crippen molar-refractivity contribution in [3.8, 4) is 6.07 Å². The second kappa shape index (κ2) is 3.91. The Labute approximate surface area is 79.9 Å². The van der Waals surface area contributed by atoms with Crippen molar-refractivity contribution in [1.82, 2.24) is 0 Å². The minimum atomic E-state index is -0.622. The number of hydrogen-bond donors (Lipinski definition) is 0. The molecule has 2 heteroatoms. The topological polar surface area (TPSA) is 40.9 Å². The van der Waals surface area contributed by atoms with Crippen molar-refractivity contribution in [1.29, 1.82) is 5.26 Å². The third kappa shape index (κ3) is 1.48. The summed E-state index contributed by atoms with van der Waals surface area (Å²) >= 11 is 0. The molecule has 0 spiro atoms. The lowest BCUT2D eigenvalue weighted by molar-refractivity contribution is -0.125. The summed E-state index contributed by atoms with van der Waals surface area (Å²) in [6.07, 6.45) is 4.19. The summed E-state index contributed by atoms with van der Waals surface area (Å²) in [7, 11) is 0. The third-order valence-corrected chi connectivity index (χ3v) is 3.35. The average molecular weight is 179 g/mol. The second-order valence-corrected chi connectivity index (χ2v) is 3.87. The van der Waals surface area contributed by atoms with Gasteiger partial charge in [0.1, 0.15) is 5.41 Å². The van der Waals surface area contributed by atoms with Gasteiger partial charge in [-0.1, -0.05) is 26.7 Å². The Morgan fingerprint density at radius 2 is 2.15 bits per heavy atom. The maximum atomic E-state index is 11.7. The van der Waals surface area contributed by atoms with E-state index in [1.165, 1.54) is 0 Å². The van der Waals surface area contributed by atoms with Crippen LogP contribution in [0, 0.1) is 22.7 Å². The molecule has 1 atom stereocenters. The second-order valence-electron chi connectivity index (χ2n) is 3.87. The summed E-state index contributed by atoms with van der Waals surface area (Å²) in [5.74, 6) is 0.455. The van der Waals surface area contributed by atoms with E-state index < -0.39 is 5.41 Å². The molecule has 0 aromatic carbocycles. The minimum absolute atomic E-state index is 0.184. The highest BCUT2D eigenvalue weighted by Crippen LogP contribution is 2.43. The zero-order valence-corrected chi connectivity index (χ0v) is 8.47. The molecule has 1 aliphatic rings. The Kier molecular flexibility index (Phi) is 3.08. The van der Waals surface area contributed by atoms with Gasteiger partial charge < -0.3 is 0 Å². The molecule has 0 amide bonds. The van der Waals surface area contributed by atoms with Crippen LogP contribution in [0.25, 0.3) is 0 Å². The number of carbonyl (C=O) groups excluding carboxylic acids is 1. The smallest absolute Gasteiger partial charge is 0.153 e. The number of hydrogen-bond acceptors (Lipinski definition) is 2. The van der Waals surface area contributed by atoms with E-state index in [0.717, 1.165) is 25.7 Å². The van der Waals surface area contributed by atoms with Crippen LogP contribution in [0.2, 0.25) is 0 Å². The molecule has 2 nitrogen and oxygen atoms in total. The standard InChI is InChI=1S/C11H17NO/c1-3-9(4-2)11(8-12)7-5-6-10(11)13/h9H,3-7H2,1-2H3. The Bertz CT molecular complexity index is 237. The summed E-state index contributed by atoms with van der Waals surface area (Å²) in [6.45, 7) is 4.14. The molecule has 0 radical (unpaired) electrons. The molecule has 0 heterocycles. The molecule has 1 unspecified atom stereocenters. The van der Waals surface area contributed by atoms with Gasteiger partial charge in [-0.15, -0.1) is 0 Å². The molecule has 0 aliphatic heterocycles. The normalized spacial score (nSPS) is 28.0. The van der Waals surface area contributed by atoms with Crippen molar-refractivity contribution in [3.05, 3.63) is 0 Å². The van der Waals surface area contributed by atoms with Gasteiger partial charge in [-0.3, -0.25) is 4.79 Å². The molecular weight excluding hydrogens is 162 g/mol. The van der Waals surface area contributed by atoms with Crippen molar-refractivity contribution >= 4 is 5.78 Å². The number of Topliss-reactive ketones (excluding diaryl/α,β-unsaturated/α-hetero) is 1. The third-order valence-electron chi connectivity index (χ3n) is 3.35. The molecule has 1 saturated carbocycles. The molecular formula is C11H17NO. The highest BCUT2D eigenvalue weighted by atomic mass is 16.1. The molecule has 0 aromatic rings.